The molecule has 0 N–H and O–H groups in total. The highest BCUT2D eigenvalue weighted by atomic mass is 14.9. The Morgan fingerprint density at radius 1 is 0.889 bits per heavy atom. The van der Waals surface area contributed by atoms with Gasteiger partial charge < -0.3 is 4.57 Å². The Morgan fingerprint density at radius 2 is 1.67 bits per heavy atom. The highest BCUT2D eigenvalue weighted by molar-refractivity contribution is 5.84. The third-order valence-corrected chi connectivity index (χ3v) is 3.69. The van der Waals surface area contributed by atoms with E-state index in [1.165, 1.54) is 22.0 Å². The van der Waals surface area contributed by atoms with Gasteiger partial charge in [-0.25, -0.2) is 0 Å². The molecule has 0 saturated heterocycles. The lowest BCUT2D eigenvalue weighted by Crippen LogP contribution is -1.99. The summed E-state index contributed by atoms with van der Waals surface area (Å²) in [5.41, 5.74) is 4.10. The minimum Gasteiger partial charge on any atom is -0.350 e. The molecule has 90 valence electrons. The number of para-hydroxylation sites is 1. The fourth-order valence-corrected chi connectivity index (χ4v) is 2.66. The summed E-state index contributed by atoms with van der Waals surface area (Å²) in [6.07, 6.45) is 2.13. The molecule has 1 aromatic heterocycles. The van der Waals surface area contributed by atoms with Crippen LogP contribution in [-0.4, -0.2) is 4.57 Å². The highest BCUT2D eigenvalue weighted by Gasteiger charge is 2.12. The summed E-state index contributed by atoms with van der Waals surface area (Å²) in [6.45, 7) is 2.27. The highest BCUT2D eigenvalue weighted by Crippen LogP contribution is 2.30. The number of fused-ring (bicyclic) bond motifs is 1. The van der Waals surface area contributed by atoms with Gasteiger partial charge in [0.1, 0.15) is 0 Å². The van der Waals surface area contributed by atoms with Crippen molar-refractivity contribution in [2.75, 3.05) is 0 Å². The molecule has 0 aliphatic rings. The van der Waals surface area contributed by atoms with Crippen molar-refractivity contribution in [3.8, 4) is 0 Å². The minimum atomic E-state index is 0.420. The molecule has 0 radical (unpaired) electrons. The van der Waals surface area contributed by atoms with Gasteiger partial charge in [0.2, 0.25) is 0 Å². The summed E-state index contributed by atoms with van der Waals surface area (Å²) in [7, 11) is 2.11. The van der Waals surface area contributed by atoms with Crippen LogP contribution in [0.3, 0.4) is 0 Å². The first-order chi connectivity index (χ1) is 8.77. The topological polar surface area (TPSA) is 4.93 Å². The predicted octanol–water partition coefficient (Wildman–Crippen LogP) is 4.33. The van der Waals surface area contributed by atoms with Gasteiger partial charge in [-0.2, -0.15) is 0 Å². The smallest absolute Gasteiger partial charge is 0.0516 e. The van der Waals surface area contributed by atoms with E-state index >= 15 is 0 Å². The Bertz CT molecular complexity index is 664. The van der Waals surface area contributed by atoms with Crippen molar-refractivity contribution < 1.29 is 0 Å². The zero-order valence-electron chi connectivity index (χ0n) is 10.8. The van der Waals surface area contributed by atoms with E-state index in [9.17, 15) is 0 Å². The molecule has 1 heteroatoms. The van der Waals surface area contributed by atoms with Gasteiger partial charge in [0.15, 0.2) is 0 Å². The van der Waals surface area contributed by atoms with E-state index in [4.69, 9.17) is 0 Å². The monoisotopic (exact) mass is 235 g/mol. The molecule has 0 aliphatic heterocycles. The molecule has 0 amide bonds. The Labute approximate surface area is 108 Å². The first-order valence-corrected chi connectivity index (χ1v) is 6.36. The average Bonchev–Trinajstić information content (AvgIpc) is 2.81. The molecule has 0 fully saturated rings. The van der Waals surface area contributed by atoms with Gasteiger partial charge in [-0.1, -0.05) is 55.5 Å². The number of aromatic nitrogens is 1. The van der Waals surface area contributed by atoms with Crippen LogP contribution in [0.1, 0.15) is 24.0 Å². The molecule has 0 saturated carbocycles. The first kappa shape index (κ1) is 11.1. The predicted molar refractivity (Wildman–Crippen MR) is 76.9 cm³/mol. The number of hydrogen-bond donors (Lipinski definition) is 0. The largest absolute Gasteiger partial charge is 0.350 e. The van der Waals surface area contributed by atoms with E-state index in [1.807, 2.05) is 0 Å². The molecule has 3 aromatic rings. The molecule has 1 nitrogen and oxygen atoms in total. The number of benzene rings is 2. The van der Waals surface area contributed by atoms with Crippen molar-refractivity contribution in [1.29, 1.82) is 0 Å². The van der Waals surface area contributed by atoms with Crippen LogP contribution in [-0.2, 0) is 7.05 Å². The quantitative estimate of drug-likeness (QED) is 0.623. The van der Waals surface area contributed by atoms with E-state index in [0.717, 1.165) is 0 Å². The van der Waals surface area contributed by atoms with Gasteiger partial charge in [-0.15, -0.1) is 0 Å². The molecular formula is C17H17N. The summed E-state index contributed by atoms with van der Waals surface area (Å²) in [5, 5.41) is 1.32. The van der Waals surface area contributed by atoms with Gasteiger partial charge in [-0.05, 0) is 22.6 Å². The number of rotatable bonds is 2. The second-order valence-electron chi connectivity index (χ2n) is 4.84. The van der Waals surface area contributed by atoms with Gasteiger partial charge in [0.05, 0.1) is 5.52 Å². The molecule has 1 heterocycles. The third-order valence-electron chi connectivity index (χ3n) is 3.69. The average molecular weight is 235 g/mol. The molecule has 18 heavy (non-hydrogen) atoms. The Balaban J connectivity index is 2.17. The van der Waals surface area contributed by atoms with Crippen molar-refractivity contribution in [3.63, 3.8) is 0 Å². The number of nitrogens with zero attached hydrogens (tertiary/aromatic N) is 1. The standard InChI is InChI=1S/C17H17N/c1-13(14-7-4-3-5-8-14)16-10-6-9-15-11-12-18(2)17(15)16/h3-13H,1-2H3. The molecule has 0 aliphatic carbocycles. The van der Waals surface area contributed by atoms with Crippen LogP contribution in [0.5, 0.6) is 0 Å². The second kappa shape index (κ2) is 4.34. The van der Waals surface area contributed by atoms with Crippen LogP contribution in [0.15, 0.2) is 60.8 Å². The normalized spacial score (nSPS) is 12.8. The molecule has 2 aromatic carbocycles. The van der Waals surface area contributed by atoms with Gasteiger partial charge in [-0.3, -0.25) is 0 Å². The maximum atomic E-state index is 2.27. The summed E-state index contributed by atoms with van der Waals surface area (Å²) in [6, 6.07) is 19.4. The van der Waals surface area contributed by atoms with Gasteiger partial charge >= 0.3 is 0 Å². The molecule has 0 spiro atoms. The maximum Gasteiger partial charge on any atom is 0.0516 e. The summed E-state index contributed by atoms with van der Waals surface area (Å²) in [5.74, 6) is 0.420. The van der Waals surface area contributed by atoms with Gasteiger partial charge in [0.25, 0.3) is 0 Å². The lowest BCUT2D eigenvalue weighted by molar-refractivity contribution is 0.899. The SMILES string of the molecule is CC(c1ccccc1)c1cccc2ccn(C)c12. The minimum absolute atomic E-state index is 0.420. The van der Waals surface area contributed by atoms with Crippen molar-refractivity contribution in [2.45, 2.75) is 12.8 Å². The zero-order valence-corrected chi connectivity index (χ0v) is 10.8. The third kappa shape index (κ3) is 1.72. The van der Waals surface area contributed by atoms with Crippen molar-refractivity contribution >= 4 is 10.9 Å². The van der Waals surface area contributed by atoms with E-state index in [2.05, 4.69) is 79.3 Å². The van der Waals surface area contributed by atoms with Crippen LogP contribution in [0.2, 0.25) is 0 Å². The van der Waals surface area contributed by atoms with Gasteiger partial charge in [0, 0.05) is 19.2 Å². The van der Waals surface area contributed by atoms with Crippen molar-refractivity contribution in [3.05, 3.63) is 71.9 Å². The fraction of sp³-hybridized carbons (Fsp3) is 0.176. The lowest BCUT2D eigenvalue weighted by atomic mass is 9.92. The van der Waals surface area contributed by atoms with E-state index in [-0.39, 0.29) is 0 Å². The lowest BCUT2D eigenvalue weighted by Gasteiger charge is -2.15. The van der Waals surface area contributed by atoms with E-state index in [0.29, 0.717) is 5.92 Å². The first-order valence-electron chi connectivity index (χ1n) is 6.36. The number of aryl methyl sites for hydroxylation is 1. The van der Waals surface area contributed by atoms with Crippen LogP contribution >= 0.6 is 0 Å². The van der Waals surface area contributed by atoms with Crippen molar-refractivity contribution in [1.82, 2.24) is 4.57 Å². The molecule has 0 bridgehead atoms. The van der Waals surface area contributed by atoms with E-state index in [1.54, 1.807) is 0 Å². The van der Waals surface area contributed by atoms with Crippen LogP contribution in [0.25, 0.3) is 10.9 Å². The molecule has 1 atom stereocenters. The Hall–Kier alpha value is -2.02. The van der Waals surface area contributed by atoms with E-state index < -0.39 is 0 Å². The van der Waals surface area contributed by atoms with Crippen LogP contribution in [0.4, 0.5) is 0 Å². The number of hydrogen-bond acceptors (Lipinski definition) is 0. The zero-order chi connectivity index (χ0) is 12.5. The molecular weight excluding hydrogens is 218 g/mol. The van der Waals surface area contributed by atoms with Crippen molar-refractivity contribution in [2.24, 2.45) is 7.05 Å². The van der Waals surface area contributed by atoms with Crippen LogP contribution < -0.4 is 0 Å². The maximum absolute atomic E-state index is 2.27. The van der Waals surface area contributed by atoms with Crippen LogP contribution in [0, 0.1) is 0 Å². The second-order valence-corrected chi connectivity index (χ2v) is 4.84. The summed E-state index contributed by atoms with van der Waals surface area (Å²) >= 11 is 0. The Kier molecular flexibility index (Phi) is 2.67. The fourth-order valence-electron chi connectivity index (χ4n) is 2.66. The molecule has 3 rings (SSSR count). The Morgan fingerprint density at radius 3 is 2.44 bits per heavy atom. The summed E-state index contributed by atoms with van der Waals surface area (Å²) < 4.78 is 2.21. The molecule has 1 unspecified atom stereocenters. The summed E-state index contributed by atoms with van der Waals surface area (Å²) in [4.78, 5) is 0.